The van der Waals surface area contributed by atoms with Crippen LogP contribution in [0.3, 0.4) is 0 Å². The molecule has 0 aliphatic carbocycles. The Bertz CT molecular complexity index is 786. The molecule has 0 bridgehead atoms. The lowest BCUT2D eigenvalue weighted by Crippen LogP contribution is -3.10. The molecule has 1 aromatic heterocycles. The molecule has 122 valence electrons. The molecule has 0 saturated carbocycles. The van der Waals surface area contributed by atoms with Gasteiger partial charge in [0.05, 0.1) is 23.6 Å². The van der Waals surface area contributed by atoms with E-state index in [2.05, 4.69) is 35.3 Å². The third-order valence-corrected chi connectivity index (χ3v) is 5.09. The van der Waals surface area contributed by atoms with Gasteiger partial charge in [-0.25, -0.2) is 4.98 Å². The van der Waals surface area contributed by atoms with Gasteiger partial charge in [0.1, 0.15) is 24.2 Å². The largest absolute Gasteiger partial charge is 0.369 e. The van der Waals surface area contributed by atoms with Gasteiger partial charge in [-0.1, -0.05) is 42.1 Å². The number of rotatable bonds is 5. The molecule has 24 heavy (non-hydrogen) atoms. The van der Waals surface area contributed by atoms with E-state index in [0.717, 1.165) is 37.3 Å². The predicted molar refractivity (Wildman–Crippen MR) is 92.3 cm³/mol. The molecular weight excluding hydrogens is 320 g/mol. The summed E-state index contributed by atoms with van der Waals surface area (Å²) in [4.78, 5) is 17.1. The lowest BCUT2D eigenvalue weighted by atomic mass is 10.0. The first kappa shape index (κ1) is 16.5. The number of carbonyl (C=O) groups is 1. The molecule has 1 atom stereocenters. The molecule has 1 aromatic carbocycles. The summed E-state index contributed by atoms with van der Waals surface area (Å²) in [6, 6.07) is 14.5. The van der Waals surface area contributed by atoms with Crippen molar-refractivity contribution in [3.05, 3.63) is 58.8 Å². The zero-order valence-corrected chi connectivity index (χ0v) is 14.1. The van der Waals surface area contributed by atoms with Crippen LogP contribution >= 0.6 is 11.8 Å². The molecule has 3 rings (SSSR count). The molecule has 0 fully saturated rings. The van der Waals surface area contributed by atoms with Crippen LogP contribution in [0.15, 0.2) is 41.4 Å². The van der Waals surface area contributed by atoms with Gasteiger partial charge >= 0.3 is 0 Å². The smallest absolute Gasteiger partial charge is 0.227 e. The van der Waals surface area contributed by atoms with Gasteiger partial charge in [-0.3, -0.25) is 4.79 Å². The van der Waals surface area contributed by atoms with Gasteiger partial charge in [0.15, 0.2) is 0 Å². The number of thioether (sulfide) groups is 1. The van der Waals surface area contributed by atoms with E-state index in [9.17, 15) is 10.1 Å². The van der Waals surface area contributed by atoms with E-state index >= 15 is 0 Å². The van der Waals surface area contributed by atoms with Crippen molar-refractivity contribution in [2.24, 2.45) is 5.73 Å². The minimum atomic E-state index is -0.401. The van der Waals surface area contributed by atoms with E-state index in [1.165, 1.54) is 22.2 Å². The standard InChI is InChI=1S/C18H18N4OS/c19-9-14-8-15-11-22(10-13-4-2-1-3-5-13)7-6-16(15)21-18(14)24-12-17(20)23/h1-5,8H,6-7,10-12H2,(H2,20,23)/p+1. The number of primary amides is 1. The Morgan fingerprint density at radius 1 is 1.38 bits per heavy atom. The quantitative estimate of drug-likeness (QED) is 0.784. The van der Waals surface area contributed by atoms with Gasteiger partial charge in [-0.15, -0.1) is 0 Å². The predicted octanol–water partition coefficient (Wildman–Crippen LogP) is 0.672. The van der Waals surface area contributed by atoms with E-state index in [1.807, 2.05) is 12.1 Å². The number of nitrogens with zero attached hydrogens (tertiary/aromatic N) is 2. The fourth-order valence-corrected chi connectivity index (χ4v) is 3.68. The van der Waals surface area contributed by atoms with Crippen LogP contribution in [0.1, 0.15) is 22.4 Å². The van der Waals surface area contributed by atoms with Gasteiger partial charge in [0.2, 0.25) is 5.91 Å². The van der Waals surface area contributed by atoms with Crippen LogP contribution in [-0.2, 0) is 24.3 Å². The van der Waals surface area contributed by atoms with Crippen LogP contribution in [0.2, 0.25) is 0 Å². The second kappa shape index (κ2) is 7.47. The Labute approximate surface area is 145 Å². The van der Waals surface area contributed by atoms with Crippen LogP contribution in [0.5, 0.6) is 0 Å². The zero-order chi connectivity index (χ0) is 16.9. The number of aromatic nitrogens is 1. The molecule has 3 N–H and O–H groups in total. The summed E-state index contributed by atoms with van der Waals surface area (Å²) < 4.78 is 0. The van der Waals surface area contributed by atoms with Crippen molar-refractivity contribution in [2.45, 2.75) is 24.5 Å². The Kier molecular flexibility index (Phi) is 5.14. The van der Waals surface area contributed by atoms with Gasteiger partial charge in [-0.05, 0) is 6.07 Å². The van der Waals surface area contributed by atoms with Crippen molar-refractivity contribution in [1.29, 1.82) is 5.26 Å². The zero-order valence-electron chi connectivity index (χ0n) is 13.3. The SMILES string of the molecule is N#Cc1cc2c(nc1SCC(N)=O)CC[NH+](Cc1ccccc1)C2. The van der Waals surface area contributed by atoms with E-state index in [4.69, 9.17) is 5.73 Å². The molecule has 0 spiro atoms. The second-order valence-corrected chi connectivity index (χ2v) is 6.87. The second-order valence-electron chi connectivity index (χ2n) is 5.90. The Morgan fingerprint density at radius 3 is 2.88 bits per heavy atom. The summed E-state index contributed by atoms with van der Waals surface area (Å²) in [5.41, 5.74) is 9.20. The number of nitrogens with one attached hydrogen (secondary N) is 1. The third-order valence-electron chi connectivity index (χ3n) is 4.08. The molecule has 1 amide bonds. The maximum Gasteiger partial charge on any atom is 0.227 e. The molecule has 2 heterocycles. The number of nitrogens with two attached hydrogens (primary N) is 1. The molecule has 0 radical (unpaired) electrons. The van der Waals surface area contributed by atoms with Gasteiger partial charge in [0, 0.05) is 17.5 Å². The number of carbonyl (C=O) groups excluding carboxylic acids is 1. The van der Waals surface area contributed by atoms with Crippen LogP contribution in [0.4, 0.5) is 0 Å². The average Bonchev–Trinajstić information content (AvgIpc) is 2.60. The van der Waals surface area contributed by atoms with Gasteiger partial charge < -0.3 is 10.6 Å². The first-order valence-corrected chi connectivity index (χ1v) is 8.85. The summed E-state index contributed by atoms with van der Waals surface area (Å²) in [6.45, 7) is 2.85. The maximum absolute atomic E-state index is 11.0. The number of benzene rings is 1. The van der Waals surface area contributed by atoms with Crippen molar-refractivity contribution in [3.8, 4) is 6.07 Å². The maximum atomic E-state index is 11.0. The summed E-state index contributed by atoms with van der Waals surface area (Å²) in [5.74, 6) is -0.256. The Hall–Kier alpha value is -2.36. The lowest BCUT2D eigenvalue weighted by Gasteiger charge is -2.26. The normalized spacial score (nSPS) is 16.2. The molecule has 2 aromatic rings. The highest BCUT2D eigenvalue weighted by molar-refractivity contribution is 7.99. The minimum Gasteiger partial charge on any atom is -0.369 e. The van der Waals surface area contributed by atoms with Crippen LogP contribution in [0, 0.1) is 11.3 Å². The molecule has 0 saturated heterocycles. The number of hydrogen-bond donors (Lipinski definition) is 2. The highest BCUT2D eigenvalue weighted by Crippen LogP contribution is 2.23. The Morgan fingerprint density at radius 2 is 2.17 bits per heavy atom. The Balaban J connectivity index is 1.77. The van der Waals surface area contributed by atoms with Crippen molar-refractivity contribution in [3.63, 3.8) is 0 Å². The topological polar surface area (TPSA) is 84.2 Å². The first-order valence-electron chi connectivity index (χ1n) is 7.87. The molecule has 1 unspecified atom stereocenters. The molecule has 1 aliphatic heterocycles. The minimum absolute atomic E-state index is 0.145. The highest BCUT2D eigenvalue weighted by Gasteiger charge is 2.23. The van der Waals surface area contributed by atoms with Crippen LogP contribution in [-0.4, -0.2) is 23.2 Å². The number of amides is 1. The van der Waals surface area contributed by atoms with E-state index in [-0.39, 0.29) is 5.75 Å². The van der Waals surface area contributed by atoms with Crippen molar-refractivity contribution in [2.75, 3.05) is 12.3 Å². The van der Waals surface area contributed by atoms with Crippen LogP contribution < -0.4 is 10.6 Å². The van der Waals surface area contributed by atoms with Gasteiger partial charge in [0.25, 0.3) is 0 Å². The van der Waals surface area contributed by atoms with Crippen LogP contribution in [0.25, 0.3) is 0 Å². The van der Waals surface area contributed by atoms with E-state index in [0.29, 0.717) is 10.6 Å². The van der Waals surface area contributed by atoms with Gasteiger partial charge in [-0.2, -0.15) is 5.26 Å². The van der Waals surface area contributed by atoms with E-state index < -0.39 is 5.91 Å². The molecule has 1 aliphatic rings. The fraction of sp³-hybridized carbons (Fsp3) is 0.278. The van der Waals surface area contributed by atoms with E-state index in [1.54, 1.807) is 0 Å². The number of fused-ring (bicyclic) bond motifs is 1. The highest BCUT2D eigenvalue weighted by atomic mass is 32.2. The average molecular weight is 339 g/mol. The fourth-order valence-electron chi connectivity index (χ4n) is 2.96. The van der Waals surface area contributed by atoms with Crippen molar-refractivity contribution < 1.29 is 9.69 Å². The molecule has 6 heteroatoms. The molecule has 5 nitrogen and oxygen atoms in total. The van der Waals surface area contributed by atoms with Crippen molar-refractivity contribution in [1.82, 2.24) is 4.98 Å². The molecular formula is C18H19N4OS+. The lowest BCUT2D eigenvalue weighted by molar-refractivity contribution is -0.929. The summed E-state index contributed by atoms with van der Waals surface area (Å²) in [5, 5.41) is 9.97. The third kappa shape index (κ3) is 3.94. The summed E-state index contributed by atoms with van der Waals surface area (Å²) in [7, 11) is 0. The number of pyridine rings is 1. The van der Waals surface area contributed by atoms with Crippen molar-refractivity contribution >= 4 is 17.7 Å². The number of hydrogen-bond acceptors (Lipinski definition) is 4. The number of nitriles is 1. The monoisotopic (exact) mass is 339 g/mol. The summed E-state index contributed by atoms with van der Waals surface area (Å²) >= 11 is 1.24. The first-order chi connectivity index (χ1) is 11.7. The number of quaternary nitrogens is 1. The summed E-state index contributed by atoms with van der Waals surface area (Å²) in [6.07, 6.45) is 0.882.